The zero-order valence-electron chi connectivity index (χ0n) is 13.1. The molecule has 2 rings (SSSR count). The third kappa shape index (κ3) is 3.96. The van der Waals surface area contributed by atoms with Gasteiger partial charge in [0.05, 0.1) is 5.56 Å². The molecule has 4 heteroatoms. The highest BCUT2D eigenvalue weighted by molar-refractivity contribution is 5.88. The number of aromatic carboxylic acids is 1. The number of rotatable bonds is 6. The van der Waals surface area contributed by atoms with Gasteiger partial charge < -0.3 is 10.0 Å². The van der Waals surface area contributed by atoms with Crippen molar-refractivity contribution < 1.29 is 9.90 Å². The molecule has 2 heterocycles. The van der Waals surface area contributed by atoms with Gasteiger partial charge in [0.2, 0.25) is 0 Å². The van der Waals surface area contributed by atoms with Crippen LogP contribution in [0.15, 0.2) is 12.1 Å². The molecule has 4 nitrogen and oxygen atoms in total. The third-order valence-corrected chi connectivity index (χ3v) is 4.16. The highest BCUT2D eigenvalue weighted by Crippen LogP contribution is 2.27. The Balaban J connectivity index is 2.33. The fourth-order valence-electron chi connectivity index (χ4n) is 3.16. The molecule has 1 saturated heterocycles. The lowest BCUT2D eigenvalue weighted by Crippen LogP contribution is -2.40. The average molecular weight is 290 g/mol. The predicted octanol–water partition coefficient (Wildman–Crippen LogP) is 3.89. The maximum atomic E-state index is 11.4. The first-order valence-corrected chi connectivity index (χ1v) is 8.16. The van der Waals surface area contributed by atoms with Crippen molar-refractivity contribution in [2.24, 2.45) is 0 Å². The van der Waals surface area contributed by atoms with E-state index in [2.05, 4.69) is 18.7 Å². The van der Waals surface area contributed by atoms with Crippen molar-refractivity contribution in [1.82, 2.24) is 4.98 Å². The Hall–Kier alpha value is -1.58. The number of aryl methyl sites for hydroxylation is 1. The van der Waals surface area contributed by atoms with Crippen LogP contribution in [0.4, 0.5) is 5.82 Å². The monoisotopic (exact) mass is 290 g/mol. The fourth-order valence-corrected chi connectivity index (χ4v) is 3.16. The minimum Gasteiger partial charge on any atom is -0.478 e. The fraction of sp³-hybridized carbons (Fsp3) is 0.647. The average Bonchev–Trinajstić information content (AvgIpc) is 2.48. The van der Waals surface area contributed by atoms with Crippen LogP contribution in [0.3, 0.4) is 0 Å². The van der Waals surface area contributed by atoms with Crippen LogP contribution in [0, 0.1) is 0 Å². The van der Waals surface area contributed by atoms with Crippen LogP contribution < -0.4 is 4.90 Å². The summed E-state index contributed by atoms with van der Waals surface area (Å²) in [6.07, 6.45) is 7.75. The molecule has 1 atom stereocenters. The van der Waals surface area contributed by atoms with E-state index in [1.54, 1.807) is 12.1 Å². The van der Waals surface area contributed by atoms with E-state index in [0.29, 0.717) is 11.6 Å². The van der Waals surface area contributed by atoms with Gasteiger partial charge in [0.25, 0.3) is 0 Å². The Morgan fingerprint density at radius 2 is 2.14 bits per heavy atom. The maximum Gasteiger partial charge on any atom is 0.335 e. The summed E-state index contributed by atoms with van der Waals surface area (Å²) in [7, 11) is 0. The van der Waals surface area contributed by atoms with E-state index in [4.69, 9.17) is 4.98 Å². The molecule has 1 unspecified atom stereocenters. The van der Waals surface area contributed by atoms with Crippen LogP contribution in [-0.4, -0.2) is 28.6 Å². The van der Waals surface area contributed by atoms with Crippen molar-refractivity contribution in [3.63, 3.8) is 0 Å². The van der Waals surface area contributed by atoms with Crippen LogP contribution in [0.5, 0.6) is 0 Å². The van der Waals surface area contributed by atoms with Gasteiger partial charge in [0.1, 0.15) is 5.82 Å². The largest absolute Gasteiger partial charge is 0.478 e. The van der Waals surface area contributed by atoms with E-state index in [1.165, 1.54) is 19.3 Å². The summed E-state index contributed by atoms with van der Waals surface area (Å²) >= 11 is 0. The third-order valence-electron chi connectivity index (χ3n) is 4.16. The van der Waals surface area contributed by atoms with Crippen molar-refractivity contribution in [1.29, 1.82) is 0 Å². The van der Waals surface area contributed by atoms with Crippen molar-refractivity contribution >= 4 is 11.8 Å². The summed E-state index contributed by atoms with van der Waals surface area (Å²) in [6.45, 7) is 5.29. The molecule has 21 heavy (non-hydrogen) atoms. The van der Waals surface area contributed by atoms with E-state index < -0.39 is 5.97 Å². The Morgan fingerprint density at radius 3 is 2.81 bits per heavy atom. The Labute approximate surface area is 127 Å². The molecule has 0 amide bonds. The van der Waals surface area contributed by atoms with Gasteiger partial charge >= 0.3 is 5.97 Å². The van der Waals surface area contributed by atoms with Crippen LogP contribution in [-0.2, 0) is 6.42 Å². The first kappa shape index (κ1) is 15.8. The molecular weight excluding hydrogens is 264 g/mol. The Morgan fingerprint density at radius 1 is 1.33 bits per heavy atom. The molecule has 0 aliphatic carbocycles. The van der Waals surface area contributed by atoms with Crippen LogP contribution in [0.25, 0.3) is 0 Å². The first-order chi connectivity index (χ1) is 10.2. The number of carbonyl (C=O) groups is 1. The van der Waals surface area contributed by atoms with Gasteiger partial charge in [-0.3, -0.25) is 0 Å². The Bertz CT molecular complexity index is 486. The molecule has 1 aliphatic rings. The topological polar surface area (TPSA) is 53.4 Å². The number of nitrogens with zero attached hydrogens (tertiary/aromatic N) is 2. The van der Waals surface area contributed by atoms with E-state index in [1.807, 2.05) is 0 Å². The van der Waals surface area contributed by atoms with Gasteiger partial charge in [0.15, 0.2) is 0 Å². The van der Waals surface area contributed by atoms with Gasteiger partial charge in [-0.1, -0.05) is 26.7 Å². The van der Waals surface area contributed by atoms with Gasteiger partial charge in [-0.25, -0.2) is 9.78 Å². The normalized spacial score (nSPS) is 18.8. The zero-order valence-corrected chi connectivity index (χ0v) is 13.1. The lowest BCUT2D eigenvalue weighted by Gasteiger charge is -2.37. The minimum absolute atomic E-state index is 0.365. The second kappa shape index (κ2) is 7.43. The molecule has 1 aromatic heterocycles. The smallest absolute Gasteiger partial charge is 0.335 e. The number of pyridine rings is 1. The maximum absolute atomic E-state index is 11.4. The molecule has 1 aliphatic heterocycles. The van der Waals surface area contributed by atoms with Crippen molar-refractivity contribution in [2.75, 3.05) is 11.4 Å². The van der Waals surface area contributed by atoms with Gasteiger partial charge in [-0.2, -0.15) is 0 Å². The van der Waals surface area contributed by atoms with Crippen molar-refractivity contribution in [2.45, 2.75) is 64.8 Å². The second-order valence-electron chi connectivity index (χ2n) is 5.89. The van der Waals surface area contributed by atoms with Crippen LogP contribution in [0.2, 0.25) is 0 Å². The number of piperidine rings is 1. The summed E-state index contributed by atoms with van der Waals surface area (Å²) in [4.78, 5) is 18.4. The molecule has 1 fully saturated rings. The SMILES string of the molecule is CCCc1cc(C(=O)O)cc(N2CCCCC2CCC)n1. The van der Waals surface area contributed by atoms with E-state index in [0.717, 1.165) is 43.7 Å². The lowest BCUT2D eigenvalue weighted by molar-refractivity contribution is 0.0696. The van der Waals surface area contributed by atoms with Crippen molar-refractivity contribution in [3.8, 4) is 0 Å². The minimum atomic E-state index is -0.861. The highest BCUT2D eigenvalue weighted by atomic mass is 16.4. The summed E-state index contributed by atoms with van der Waals surface area (Å²) in [5.74, 6) is -0.00319. The summed E-state index contributed by atoms with van der Waals surface area (Å²) in [6, 6.07) is 3.97. The standard InChI is InChI=1S/C17H26N2O2/c1-3-7-14-11-13(17(20)21)12-16(18-14)19-10-6-5-9-15(19)8-4-2/h11-12,15H,3-10H2,1-2H3,(H,20,21). The van der Waals surface area contributed by atoms with E-state index >= 15 is 0 Å². The molecule has 0 aromatic carbocycles. The van der Waals surface area contributed by atoms with Gasteiger partial charge in [-0.15, -0.1) is 0 Å². The lowest BCUT2D eigenvalue weighted by atomic mass is 9.98. The van der Waals surface area contributed by atoms with E-state index in [-0.39, 0.29) is 0 Å². The number of carboxylic acid groups (broad SMARTS) is 1. The van der Waals surface area contributed by atoms with Crippen LogP contribution >= 0.6 is 0 Å². The number of carboxylic acids is 1. The van der Waals surface area contributed by atoms with Gasteiger partial charge in [0, 0.05) is 18.3 Å². The molecular formula is C17H26N2O2. The molecule has 0 bridgehead atoms. The predicted molar refractivity (Wildman–Crippen MR) is 85.1 cm³/mol. The van der Waals surface area contributed by atoms with Crippen molar-refractivity contribution in [3.05, 3.63) is 23.4 Å². The molecule has 1 N–H and O–H groups in total. The van der Waals surface area contributed by atoms with E-state index in [9.17, 15) is 9.90 Å². The zero-order chi connectivity index (χ0) is 15.2. The molecule has 0 radical (unpaired) electrons. The van der Waals surface area contributed by atoms with Gasteiger partial charge in [-0.05, 0) is 44.2 Å². The number of hydrogen-bond acceptors (Lipinski definition) is 3. The number of aromatic nitrogens is 1. The molecule has 1 aromatic rings. The van der Waals surface area contributed by atoms with Crippen LogP contribution in [0.1, 0.15) is 68.4 Å². The molecule has 0 saturated carbocycles. The molecule has 0 spiro atoms. The summed E-state index contributed by atoms with van der Waals surface area (Å²) < 4.78 is 0. The molecule has 116 valence electrons. The number of anilines is 1. The quantitative estimate of drug-likeness (QED) is 0.863. The second-order valence-corrected chi connectivity index (χ2v) is 5.89. The number of hydrogen-bond donors (Lipinski definition) is 1. The highest BCUT2D eigenvalue weighted by Gasteiger charge is 2.24. The summed E-state index contributed by atoms with van der Waals surface area (Å²) in [5.41, 5.74) is 1.26. The summed E-state index contributed by atoms with van der Waals surface area (Å²) in [5, 5.41) is 9.32. The first-order valence-electron chi connectivity index (χ1n) is 8.16. The Kier molecular flexibility index (Phi) is 5.59.